The van der Waals surface area contributed by atoms with Crippen LogP contribution in [0.3, 0.4) is 0 Å². The first-order chi connectivity index (χ1) is 13.7. The highest BCUT2D eigenvalue weighted by molar-refractivity contribution is 5.80. The maximum atomic E-state index is 12.2. The highest BCUT2D eigenvalue weighted by atomic mass is 16.6. The smallest absolute Gasteiger partial charge is 0.410 e. The molecule has 0 unspecified atom stereocenters. The average Bonchev–Trinajstić information content (AvgIpc) is 2.68. The number of piperazine rings is 1. The summed E-state index contributed by atoms with van der Waals surface area (Å²) in [4.78, 5) is 34.1. The molecular weight excluding hydrogens is 374 g/mol. The lowest BCUT2D eigenvalue weighted by molar-refractivity contribution is 0.0185. The summed E-state index contributed by atoms with van der Waals surface area (Å²) in [5, 5.41) is 3.47. The van der Waals surface area contributed by atoms with Gasteiger partial charge >= 0.3 is 12.2 Å². The largest absolute Gasteiger partial charge is 0.450 e. The molecule has 1 N–H and O–H groups in total. The van der Waals surface area contributed by atoms with Gasteiger partial charge in [-0.15, -0.1) is 0 Å². The van der Waals surface area contributed by atoms with Crippen LogP contribution >= 0.6 is 0 Å². The molecule has 2 rings (SSSR count). The fourth-order valence-corrected chi connectivity index (χ4v) is 3.53. The quantitative estimate of drug-likeness (QED) is 0.565. The maximum Gasteiger partial charge on any atom is 0.410 e. The zero-order valence-electron chi connectivity index (χ0n) is 18.6. The summed E-state index contributed by atoms with van der Waals surface area (Å²) in [7, 11) is 1.78. The molecule has 0 bridgehead atoms. The number of piperidine rings is 1. The van der Waals surface area contributed by atoms with Crippen LogP contribution in [0.2, 0.25) is 0 Å². The Balaban J connectivity index is 1.72. The van der Waals surface area contributed by atoms with Crippen LogP contribution in [-0.4, -0.2) is 97.9 Å². The Morgan fingerprint density at radius 3 is 2.03 bits per heavy atom. The van der Waals surface area contributed by atoms with Crippen molar-refractivity contribution >= 4 is 18.1 Å². The van der Waals surface area contributed by atoms with E-state index in [9.17, 15) is 9.59 Å². The molecule has 2 aliphatic heterocycles. The summed E-state index contributed by atoms with van der Waals surface area (Å²) in [5.74, 6) is 1.36. The van der Waals surface area contributed by atoms with E-state index in [0.717, 1.165) is 51.5 Å². The van der Waals surface area contributed by atoms with Gasteiger partial charge in [0, 0.05) is 52.9 Å². The van der Waals surface area contributed by atoms with Crippen molar-refractivity contribution in [2.24, 2.45) is 10.9 Å². The van der Waals surface area contributed by atoms with E-state index in [2.05, 4.69) is 15.2 Å². The van der Waals surface area contributed by atoms with Gasteiger partial charge in [0.2, 0.25) is 0 Å². The second kappa shape index (κ2) is 10.5. The highest BCUT2D eigenvalue weighted by Crippen LogP contribution is 2.19. The number of carbonyl (C=O) groups excluding carboxylic acids is 2. The van der Waals surface area contributed by atoms with Gasteiger partial charge in [-0.2, -0.15) is 0 Å². The molecule has 2 fully saturated rings. The van der Waals surface area contributed by atoms with Crippen LogP contribution in [0.5, 0.6) is 0 Å². The molecule has 2 aliphatic rings. The molecule has 166 valence electrons. The van der Waals surface area contributed by atoms with Crippen LogP contribution in [0.25, 0.3) is 0 Å². The fraction of sp³-hybridized carbons (Fsp3) is 0.850. The van der Waals surface area contributed by atoms with Crippen molar-refractivity contribution < 1.29 is 19.1 Å². The van der Waals surface area contributed by atoms with Gasteiger partial charge in [0.15, 0.2) is 5.96 Å². The maximum absolute atomic E-state index is 12.2. The molecule has 0 radical (unpaired) electrons. The van der Waals surface area contributed by atoms with Gasteiger partial charge in [-0.3, -0.25) is 4.99 Å². The van der Waals surface area contributed by atoms with Gasteiger partial charge in [0.25, 0.3) is 0 Å². The third-order valence-electron chi connectivity index (χ3n) is 5.13. The third kappa shape index (κ3) is 7.29. The lowest BCUT2D eigenvalue weighted by Gasteiger charge is -2.37. The van der Waals surface area contributed by atoms with Gasteiger partial charge in [0.05, 0.1) is 6.61 Å². The number of amides is 2. The predicted molar refractivity (Wildman–Crippen MR) is 112 cm³/mol. The number of likely N-dealkylation sites (tertiary alicyclic amines) is 1. The van der Waals surface area contributed by atoms with Crippen molar-refractivity contribution in [2.45, 2.75) is 46.1 Å². The molecule has 0 aromatic rings. The molecular formula is C20H37N5O4. The molecule has 0 atom stereocenters. The van der Waals surface area contributed by atoms with Crippen LogP contribution < -0.4 is 5.32 Å². The average molecular weight is 412 g/mol. The Labute approximate surface area is 174 Å². The van der Waals surface area contributed by atoms with E-state index in [1.165, 1.54) is 0 Å². The number of ether oxygens (including phenoxy) is 2. The van der Waals surface area contributed by atoms with E-state index in [1.807, 2.05) is 27.7 Å². The Morgan fingerprint density at radius 2 is 1.52 bits per heavy atom. The molecule has 29 heavy (non-hydrogen) atoms. The molecule has 0 aromatic carbocycles. The predicted octanol–water partition coefficient (Wildman–Crippen LogP) is 1.98. The zero-order valence-corrected chi connectivity index (χ0v) is 18.6. The summed E-state index contributed by atoms with van der Waals surface area (Å²) in [6.45, 7) is 12.9. The first-order valence-electron chi connectivity index (χ1n) is 10.6. The van der Waals surface area contributed by atoms with Crippen LogP contribution in [-0.2, 0) is 9.47 Å². The fourth-order valence-electron chi connectivity index (χ4n) is 3.53. The zero-order chi connectivity index (χ0) is 21.4. The summed E-state index contributed by atoms with van der Waals surface area (Å²) in [5.41, 5.74) is -0.459. The van der Waals surface area contributed by atoms with E-state index in [1.54, 1.807) is 16.8 Å². The minimum atomic E-state index is -0.459. The Kier molecular flexibility index (Phi) is 8.40. The first-order valence-corrected chi connectivity index (χ1v) is 10.6. The van der Waals surface area contributed by atoms with Crippen LogP contribution in [0, 0.1) is 5.92 Å². The lowest BCUT2D eigenvalue weighted by Crippen LogP contribution is -2.54. The van der Waals surface area contributed by atoms with Crippen molar-refractivity contribution in [1.82, 2.24) is 20.0 Å². The molecule has 2 heterocycles. The van der Waals surface area contributed by atoms with Crippen molar-refractivity contribution in [3.05, 3.63) is 0 Å². The molecule has 0 spiro atoms. The van der Waals surface area contributed by atoms with Crippen LogP contribution in [0.15, 0.2) is 4.99 Å². The molecule has 0 aliphatic carbocycles. The summed E-state index contributed by atoms with van der Waals surface area (Å²) in [6, 6.07) is 0. The van der Waals surface area contributed by atoms with Crippen LogP contribution in [0.4, 0.5) is 9.59 Å². The molecule has 9 heteroatoms. The molecule has 0 aromatic heterocycles. The minimum absolute atomic E-state index is 0.223. The minimum Gasteiger partial charge on any atom is -0.450 e. The summed E-state index contributed by atoms with van der Waals surface area (Å²) < 4.78 is 10.5. The van der Waals surface area contributed by atoms with E-state index in [0.29, 0.717) is 25.6 Å². The molecule has 2 saturated heterocycles. The van der Waals surface area contributed by atoms with Crippen molar-refractivity contribution in [3.63, 3.8) is 0 Å². The van der Waals surface area contributed by atoms with Crippen molar-refractivity contribution in [2.75, 3.05) is 59.5 Å². The number of aliphatic imine (C=N–C) groups is 1. The molecule has 2 amide bonds. The van der Waals surface area contributed by atoms with Gasteiger partial charge in [-0.25, -0.2) is 9.59 Å². The van der Waals surface area contributed by atoms with Crippen LogP contribution in [0.1, 0.15) is 40.5 Å². The van der Waals surface area contributed by atoms with E-state index >= 15 is 0 Å². The Hall–Kier alpha value is -2.19. The standard InChI is InChI=1S/C20H37N5O4/c1-6-28-18(26)25-13-11-23(12-14-25)17(21-5)22-15-16-7-9-24(10-8-16)19(27)29-20(2,3)4/h16H,6-15H2,1-5H3,(H,21,22). The first kappa shape index (κ1) is 23.1. The number of hydrogen-bond acceptors (Lipinski definition) is 5. The monoisotopic (exact) mass is 411 g/mol. The highest BCUT2D eigenvalue weighted by Gasteiger charge is 2.28. The van der Waals surface area contributed by atoms with E-state index in [-0.39, 0.29) is 12.2 Å². The Bertz CT molecular complexity index is 574. The lowest BCUT2D eigenvalue weighted by atomic mass is 9.97. The Morgan fingerprint density at radius 1 is 0.966 bits per heavy atom. The number of nitrogens with zero attached hydrogens (tertiary/aromatic N) is 4. The normalized spacial score (nSPS) is 19.2. The van der Waals surface area contributed by atoms with Crippen molar-refractivity contribution in [3.8, 4) is 0 Å². The third-order valence-corrected chi connectivity index (χ3v) is 5.13. The van der Waals surface area contributed by atoms with Crippen molar-refractivity contribution in [1.29, 1.82) is 0 Å². The summed E-state index contributed by atoms with van der Waals surface area (Å²) in [6.07, 6.45) is 1.42. The molecule has 9 nitrogen and oxygen atoms in total. The SMILES string of the molecule is CCOC(=O)N1CCN(C(=NC)NCC2CCN(C(=O)OC(C)(C)C)CC2)CC1. The van der Waals surface area contributed by atoms with Gasteiger partial charge in [-0.05, 0) is 46.5 Å². The second-order valence-corrected chi connectivity index (χ2v) is 8.51. The summed E-state index contributed by atoms with van der Waals surface area (Å²) >= 11 is 0. The second-order valence-electron chi connectivity index (χ2n) is 8.51. The van der Waals surface area contributed by atoms with Gasteiger partial charge in [-0.1, -0.05) is 0 Å². The van der Waals surface area contributed by atoms with Gasteiger partial charge in [0.1, 0.15) is 5.60 Å². The number of hydrogen-bond donors (Lipinski definition) is 1. The number of nitrogens with one attached hydrogen (secondary N) is 1. The number of carbonyl (C=O) groups is 2. The van der Waals surface area contributed by atoms with E-state index < -0.39 is 5.60 Å². The topological polar surface area (TPSA) is 86.7 Å². The van der Waals surface area contributed by atoms with Gasteiger partial charge < -0.3 is 29.5 Å². The number of rotatable bonds is 3. The molecule has 0 saturated carbocycles. The van der Waals surface area contributed by atoms with E-state index in [4.69, 9.17) is 9.47 Å². The number of guanidine groups is 1.